The molecule has 0 atom stereocenters. The normalized spacial score (nSPS) is 14.9. The number of hydrogen-bond donors (Lipinski definition) is 0. The van der Waals surface area contributed by atoms with Crippen LogP contribution in [0.15, 0.2) is 28.8 Å². The molecule has 1 saturated heterocycles. The van der Waals surface area contributed by atoms with Crippen molar-refractivity contribution in [2.45, 2.75) is 32.7 Å². The predicted octanol–water partition coefficient (Wildman–Crippen LogP) is 2.95. The van der Waals surface area contributed by atoms with Gasteiger partial charge in [-0.3, -0.25) is 0 Å². The Morgan fingerprint density at radius 2 is 1.76 bits per heavy atom. The highest BCUT2D eigenvalue weighted by atomic mass is 16.5. The van der Waals surface area contributed by atoms with Gasteiger partial charge in [-0.2, -0.15) is 4.98 Å². The molecule has 0 aliphatic carbocycles. The minimum absolute atomic E-state index is 0.533. The molecule has 1 aromatic carbocycles. The molecule has 25 heavy (non-hydrogen) atoms. The van der Waals surface area contributed by atoms with Crippen LogP contribution in [0.25, 0.3) is 11.0 Å². The molecule has 0 radical (unpaired) electrons. The van der Waals surface area contributed by atoms with Gasteiger partial charge in [0.15, 0.2) is 17.5 Å². The van der Waals surface area contributed by atoms with Crippen molar-refractivity contribution >= 4 is 22.7 Å². The second-order valence-corrected chi connectivity index (χ2v) is 6.49. The van der Waals surface area contributed by atoms with Crippen molar-refractivity contribution < 1.29 is 4.52 Å². The van der Waals surface area contributed by atoms with E-state index in [9.17, 15) is 0 Å². The van der Waals surface area contributed by atoms with Crippen molar-refractivity contribution in [3.63, 3.8) is 0 Å². The molecule has 0 bridgehead atoms. The summed E-state index contributed by atoms with van der Waals surface area (Å²) in [6.45, 7) is 4.38. The maximum atomic E-state index is 5.08. The standard InChI is InChI=1S/C18H22N6O/c1-13-19-16(22-25-13)12-23(2)17-18(24-10-6-3-7-11-24)21-15-9-5-4-8-14(15)20-17/h4-5,8-9H,3,6-7,10-12H2,1-2H3. The van der Waals surface area contributed by atoms with Gasteiger partial charge >= 0.3 is 0 Å². The second-order valence-electron chi connectivity index (χ2n) is 6.49. The van der Waals surface area contributed by atoms with Crippen molar-refractivity contribution in [1.29, 1.82) is 0 Å². The van der Waals surface area contributed by atoms with Gasteiger partial charge in [-0.25, -0.2) is 9.97 Å². The molecule has 3 aromatic rings. The van der Waals surface area contributed by atoms with E-state index in [1.807, 2.05) is 36.2 Å². The third kappa shape index (κ3) is 3.26. The van der Waals surface area contributed by atoms with Gasteiger partial charge < -0.3 is 14.3 Å². The number of para-hydroxylation sites is 2. The zero-order chi connectivity index (χ0) is 17.2. The summed E-state index contributed by atoms with van der Waals surface area (Å²) in [6.07, 6.45) is 3.67. The first-order chi connectivity index (χ1) is 12.2. The number of benzene rings is 1. The first-order valence-corrected chi connectivity index (χ1v) is 8.73. The zero-order valence-corrected chi connectivity index (χ0v) is 14.6. The maximum Gasteiger partial charge on any atom is 0.223 e. The Kier molecular flexibility index (Phi) is 4.21. The topological polar surface area (TPSA) is 71.2 Å². The zero-order valence-electron chi connectivity index (χ0n) is 14.6. The molecule has 1 aliphatic rings. The molecule has 0 spiro atoms. The lowest BCUT2D eigenvalue weighted by Crippen LogP contribution is -2.32. The van der Waals surface area contributed by atoms with Crippen molar-refractivity contribution in [2.75, 3.05) is 29.9 Å². The van der Waals surface area contributed by atoms with Gasteiger partial charge in [-0.05, 0) is 31.4 Å². The molecule has 4 rings (SSSR count). The summed E-state index contributed by atoms with van der Waals surface area (Å²) in [5, 5.41) is 4.00. The number of hydrogen-bond acceptors (Lipinski definition) is 7. The molecule has 0 saturated carbocycles. The smallest absolute Gasteiger partial charge is 0.223 e. The molecular weight excluding hydrogens is 316 g/mol. The van der Waals surface area contributed by atoms with E-state index in [1.165, 1.54) is 19.3 Å². The molecule has 130 valence electrons. The average Bonchev–Trinajstić information content (AvgIpc) is 3.06. The summed E-state index contributed by atoms with van der Waals surface area (Å²) in [4.78, 5) is 18.5. The summed E-state index contributed by atoms with van der Waals surface area (Å²) < 4.78 is 5.08. The fourth-order valence-electron chi connectivity index (χ4n) is 3.25. The van der Waals surface area contributed by atoms with Crippen LogP contribution in [-0.4, -0.2) is 40.2 Å². The highest BCUT2D eigenvalue weighted by Gasteiger charge is 2.21. The number of rotatable bonds is 4. The lowest BCUT2D eigenvalue weighted by molar-refractivity contribution is 0.387. The monoisotopic (exact) mass is 338 g/mol. The van der Waals surface area contributed by atoms with Gasteiger partial charge in [0.2, 0.25) is 5.89 Å². The van der Waals surface area contributed by atoms with Crippen molar-refractivity contribution in [2.24, 2.45) is 0 Å². The Labute approximate surface area is 146 Å². The number of nitrogens with zero attached hydrogens (tertiary/aromatic N) is 6. The van der Waals surface area contributed by atoms with Crippen LogP contribution in [0.3, 0.4) is 0 Å². The van der Waals surface area contributed by atoms with E-state index < -0.39 is 0 Å². The molecule has 7 heteroatoms. The maximum absolute atomic E-state index is 5.08. The molecule has 2 aromatic heterocycles. The number of piperidine rings is 1. The van der Waals surface area contributed by atoms with Crippen molar-refractivity contribution in [3.05, 3.63) is 36.0 Å². The predicted molar refractivity (Wildman–Crippen MR) is 96.7 cm³/mol. The minimum Gasteiger partial charge on any atom is -0.354 e. The molecule has 1 fully saturated rings. The first-order valence-electron chi connectivity index (χ1n) is 8.73. The van der Waals surface area contributed by atoms with E-state index in [2.05, 4.69) is 15.0 Å². The molecule has 7 nitrogen and oxygen atoms in total. The van der Waals surface area contributed by atoms with E-state index in [0.29, 0.717) is 18.3 Å². The van der Waals surface area contributed by atoms with Crippen LogP contribution in [0.1, 0.15) is 31.0 Å². The lowest BCUT2D eigenvalue weighted by Gasteiger charge is -2.31. The summed E-state index contributed by atoms with van der Waals surface area (Å²) in [7, 11) is 2.00. The molecule has 1 aliphatic heterocycles. The summed E-state index contributed by atoms with van der Waals surface area (Å²) in [5.41, 5.74) is 1.82. The summed E-state index contributed by atoms with van der Waals surface area (Å²) >= 11 is 0. The average molecular weight is 338 g/mol. The van der Waals surface area contributed by atoms with Crippen LogP contribution in [0.2, 0.25) is 0 Å². The van der Waals surface area contributed by atoms with E-state index in [0.717, 1.165) is 35.8 Å². The molecule has 0 amide bonds. The van der Waals surface area contributed by atoms with Crippen LogP contribution in [0.5, 0.6) is 0 Å². The summed E-state index contributed by atoms with van der Waals surface area (Å²) in [5.74, 6) is 3.04. The fourth-order valence-corrected chi connectivity index (χ4v) is 3.25. The van der Waals surface area contributed by atoms with E-state index in [1.54, 1.807) is 6.92 Å². The van der Waals surface area contributed by atoms with Gasteiger partial charge in [0.1, 0.15) is 0 Å². The highest BCUT2D eigenvalue weighted by Crippen LogP contribution is 2.30. The van der Waals surface area contributed by atoms with E-state index >= 15 is 0 Å². The van der Waals surface area contributed by atoms with Crippen LogP contribution in [-0.2, 0) is 6.54 Å². The third-order valence-corrected chi connectivity index (χ3v) is 4.50. The Morgan fingerprint density at radius 3 is 2.44 bits per heavy atom. The van der Waals surface area contributed by atoms with E-state index in [4.69, 9.17) is 14.5 Å². The first kappa shape index (κ1) is 15.8. The molecule has 0 N–H and O–H groups in total. The van der Waals surface area contributed by atoms with Crippen LogP contribution < -0.4 is 9.80 Å². The number of anilines is 2. The van der Waals surface area contributed by atoms with Gasteiger partial charge in [0.25, 0.3) is 0 Å². The van der Waals surface area contributed by atoms with Crippen molar-refractivity contribution in [3.8, 4) is 0 Å². The van der Waals surface area contributed by atoms with Crippen LogP contribution >= 0.6 is 0 Å². The Morgan fingerprint density at radius 1 is 1.04 bits per heavy atom. The largest absolute Gasteiger partial charge is 0.354 e. The lowest BCUT2D eigenvalue weighted by atomic mass is 10.1. The quantitative estimate of drug-likeness (QED) is 0.724. The van der Waals surface area contributed by atoms with Crippen molar-refractivity contribution in [1.82, 2.24) is 20.1 Å². The molecule has 3 heterocycles. The number of aromatic nitrogens is 4. The van der Waals surface area contributed by atoms with Crippen LogP contribution in [0, 0.1) is 6.92 Å². The third-order valence-electron chi connectivity index (χ3n) is 4.50. The molecular formula is C18H22N6O. The summed E-state index contributed by atoms with van der Waals surface area (Å²) in [6, 6.07) is 8.01. The number of fused-ring (bicyclic) bond motifs is 1. The second kappa shape index (κ2) is 6.66. The Bertz CT molecular complexity index is 871. The Balaban J connectivity index is 1.73. The Hall–Kier alpha value is -2.70. The van der Waals surface area contributed by atoms with Crippen LogP contribution in [0.4, 0.5) is 11.6 Å². The van der Waals surface area contributed by atoms with Gasteiger partial charge in [0, 0.05) is 27.1 Å². The van der Waals surface area contributed by atoms with Gasteiger partial charge in [-0.1, -0.05) is 17.3 Å². The van der Waals surface area contributed by atoms with Gasteiger partial charge in [0.05, 0.1) is 17.6 Å². The molecule has 0 unspecified atom stereocenters. The SMILES string of the molecule is Cc1nc(CN(C)c2nc3ccccc3nc2N2CCCCC2)no1. The fraction of sp³-hybridized carbons (Fsp3) is 0.444. The minimum atomic E-state index is 0.533. The van der Waals surface area contributed by atoms with Gasteiger partial charge in [-0.15, -0.1) is 0 Å². The van der Waals surface area contributed by atoms with E-state index in [-0.39, 0.29) is 0 Å². The highest BCUT2D eigenvalue weighted by molar-refractivity contribution is 5.80. The number of aryl methyl sites for hydroxylation is 1.